The van der Waals surface area contributed by atoms with Crippen LogP contribution in [0.25, 0.3) is 0 Å². The van der Waals surface area contributed by atoms with Crippen LogP contribution in [0.1, 0.15) is 44.9 Å². The average Bonchev–Trinajstić information content (AvgIpc) is 2.07. The van der Waals surface area contributed by atoms with Crippen LogP contribution in [0.5, 0.6) is 0 Å². The summed E-state index contributed by atoms with van der Waals surface area (Å²) in [5, 5.41) is 0. The van der Waals surface area contributed by atoms with Crippen molar-refractivity contribution in [1.29, 1.82) is 0 Å². The van der Waals surface area contributed by atoms with Crippen LogP contribution in [0.15, 0.2) is 4.99 Å². The fourth-order valence-corrected chi connectivity index (χ4v) is 2.50. The van der Waals surface area contributed by atoms with Crippen molar-refractivity contribution < 1.29 is 0 Å². The Kier molecular flexibility index (Phi) is 2.80. The minimum Gasteiger partial charge on any atom is -0.298 e. The molecule has 1 heteroatoms. The van der Waals surface area contributed by atoms with Gasteiger partial charge in [-0.3, -0.25) is 4.99 Å². The Morgan fingerprint density at radius 2 is 1.75 bits per heavy atom. The molecule has 68 valence electrons. The lowest BCUT2D eigenvalue weighted by atomic mass is 9.71. The first-order valence-electron chi connectivity index (χ1n) is 5.43. The highest BCUT2D eigenvalue weighted by Gasteiger charge is 2.27. The number of hydrogen-bond acceptors (Lipinski definition) is 1. The summed E-state index contributed by atoms with van der Waals surface area (Å²) in [6.07, 6.45) is 12.0. The van der Waals surface area contributed by atoms with Crippen molar-refractivity contribution in [2.75, 3.05) is 6.54 Å². The predicted octanol–water partition coefficient (Wildman–Crippen LogP) is 3.05. The van der Waals surface area contributed by atoms with Gasteiger partial charge >= 0.3 is 0 Å². The molecule has 0 N–H and O–H groups in total. The van der Waals surface area contributed by atoms with Gasteiger partial charge in [0.15, 0.2) is 0 Å². The fourth-order valence-electron chi connectivity index (χ4n) is 2.50. The van der Waals surface area contributed by atoms with E-state index in [4.69, 9.17) is 0 Å². The van der Waals surface area contributed by atoms with E-state index in [0.717, 1.165) is 18.4 Å². The summed E-state index contributed by atoms with van der Waals surface area (Å²) >= 11 is 0. The second kappa shape index (κ2) is 4.06. The van der Waals surface area contributed by atoms with Crippen molar-refractivity contribution in [1.82, 2.24) is 0 Å². The minimum atomic E-state index is 1.07. The van der Waals surface area contributed by atoms with Crippen LogP contribution in [-0.2, 0) is 0 Å². The molecule has 0 aromatic heterocycles. The number of hydrogen-bond donors (Lipinski definition) is 0. The first-order chi connectivity index (χ1) is 5.95. The van der Waals surface area contributed by atoms with Gasteiger partial charge in [-0.1, -0.05) is 6.42 Å². The summed E-state index contributed by atoms with van der Waals surface area (Å²) in [7, 11) is 0. The second-order valence-corrected chi connectivity index (χ2v) is 4.37. The van der Waals surface area contributed by atoms with Crippen molar-refractivity contribution in [3.05, 3.63) is 0 Å². The summed E-state index contributed by atoms with van der Waals surface area (Å²) in [6, 6.07) is 0. The van der Waals surface area contributed by atoms with Crippen molar-refractivity contribution in [2.45, 2.75) is 44.9 Å². The number of rotatable bonds is 0. The molecule has 0 spiro atoms. The Labute approximate surface area is 75.3 Å². The van der Waals surface area contributed by atoms with Crippen molar-refractivity contribution in [3.8, 4) is 0 Å². The molecule has 3 rings (SSSR count). The number of aliphatic imine (C=N–C) groups is 1. The summed E-state index contributed by atoms with van der Waals surface area (Å²) < 4.78 is 0. The Hall–Kier alpha value is -0.330. The van der Waals surface area contributed by atoms with E-state index in [0.29, 0.717) is 0 Å². The maximum absolute atomic E-state index is 4.40. The number of fused-ring (bicyclic) bond motifs is 6. The van der Waals surface area contributed by atoms with Gasteiger partial charge in [0, 0.05) is 6.54 Å². The third kappa shape index (κ3) is 2.09. The quantitative estimate of drug-likeness (QED) is 0.523. The third-order valence-corrected chi connectivity index (χ3v) is 3.31. The predicted molar refractivity (Wildman–Crippen MR) is 52.7 cm³/mol. The summed E-state index contributed by atoms with van der Waals surface area (Å²) in [6.45, 7) is 1.08. The lowest BCUT2D eigenvalue weighted by Crippen LogP contribution is -2.23. The number of nitrogens with zero attached hydrogens (tertiary/aromatic N) is 1. The molecule has 1 nitrogen and oxygen atoms in total. The van der Waals surface area contributed by atoms with E-state index in [1.165, 1.54) is 44.9 Å². The second-order valence-electron chi connectivity index (χ2n) is 4.37. The van der Waals surface area contributed by atoms with Crippen LogP contribution < -0.4 is 0 Å². The molecule has 0 saturated heterocycles. The Morgan fingerprint density at radius 3 is 2.58 bits per heavy atom. The highest BCUT2D eigenvalue weighted by atomic mass is 14.7. The Balaban J connectivity index is 1.79. The summed E-state index contributed by atoms with van der Waals surface area (Å²) in [4.78, 5) is 4.40. The van der Waals surface area contributed by atoms with Crippen LogP contribution in [0, 0.1) is 11.8 Å². The van der Waals surface area contributed by atoms with Crippen LogP contribution in [0.2, 0.25) is 0 Å². The van der Waals surface area contributed by atoms with Gasteiger partial charge in [-0.2, -0.15) is 0 Å². The zero-order valence-corrected chi connectivity index (χ0v) is 7.84. The summed E-state index contributed by atoms with van der Waals surface area (Å²) in [5.74, 6) is 2.16. The zero-order chi connectivity index (χ0) is 8.23. The summed E-state index contributed by atoms with van der Waals surface area (Å²) in [5.41, 5.74) is 0. The monoisotopic (exact) mass is 165 g/mol. The van der Waals surface area contributed by atoms with E-state index in [9.17, 15) is 0 Å². The van der Waals surface area contributed by atoms with Crippen LogP contribution in [-0.4, -0.2) is 12.8 Å². The Morgan fingerprint density at radius 1 is 1.00 bits per heavy atom. The molecule has 12 heavy (non-hydrogen) atoms. The molecule has 3 aliphatic rings. The molecule has 2 heterocycles. The Bertz CT molecular complexity index is 140. The highest BCUT2D eigenvalue weighted by molar-refractivity contribution is 5.56. The first kappa shape index (κ1) is 8.28. The molecule has 1 fully saturated rings. The molecule has 0 atom stereocenters. The molecular formula is C11H19N. The van der Waals surface area contributed by atoms with Gasteiger partial charge < -0.3 is 0 Å². The van der Waals surface area contributed by atoms with E-state index in [1.54, 1.807) is 0 Å². The fraction of sp³-hybridized carbons (Fsp3) is 0.909. The lowest BCUT2D eigenvalue weighted by molar-refractivity contribution is 0.168. The smallest absolute Gasteiger partial charge is 0.0385 e. The molecule has 1 aliphatic carbocycles. The molecule has 1 saturated carbocycles. The van der Waals surface area contributed by atoms with Crippen molar-refractivity contribution in [3.63, 3.8) is 0 Å². The first-order valence-corrected chi connectivity index (χ1v) is 5.43. The standard InChI is InChI=1S/C11H19N/c1-2-6-12-7-3-5-11-8-10(4-1)9-11/h6,10-11H,1-5,7-9H2. The van der Waals surface area contributed by atoms with E-state index < -0.39 is 0 Å². The molecule has 0 unspecified atom stereocenters. The maximum atomic E-state index is 4.40. The normalized spacial score (nSPS) is 36.7. The molecule has 0 aromatic carbocycles. The van der Waals surface area contributed by atoms with Gasteiger partial charge in [0.25, 0.3) is 0 Å². The molecule has 0 aromatic rings. The van der Waals surface area contributed by atoms with Crippen molar-refractivity contribution in [2.24, 2.45) is 16.8 Å². The van der Waals surface area contributed by atoms with E-state index in [-0.39, 0.29) is 0 Å². The maximum Gasteiger partial charge on any atom is 0.0385 e. The molecule has 0 amide bonds. The SMILES string of the molecule is C1=NCCCC2CC(CCC1)C2. The lowest BCUT2D eigenvalue weighted by Gasteiger charge is -2.35. The van der Waals surface area contributed by atoms with Crippen LogP contribution in [0.4, 0.5) is 0 Å². The third-order valence-electron chi connectivity index (χ3n) is 3.31. The van der Waals surface area contributed by atoms with Gasteiger partial charge in [-0.15, -0.1) is 0 Å². The zero-order valence-electron chi connectivity index (χ0n) is 7.84. The molecule has 2 aliphatic heterocycles. The average molecular weight is 165 g/mol. The van der Waals surface area contributed by atoms with Gasteiger partial charge in [0.2, 0.25) is 0 Å². The van der Waals surface area contributed by atoms with Crippen LogP contribution in [0.3, 0.4) is 0 Å². The van der Waals surface area contributed by atoms with Gasteiger partial charge in [0.1, 0.15) is 0 Å². The molecule has 0 radical (unpaired) electrons. The van der Waals surface area contributed by atoms with E-state index in [1.807, 2.05) is 0 Å². The topological polar surface area (TPSA) is 12.4 Å². The van der Waals surface area contributed by atoms with Gasteiger partial charge in [0.05, 0.1) is 0 Å². The van der Waals surface area contributed by atoms with Crippen LogP contribution >= 0.6 is 0 Å². The van der Waals surface area contributed by atoms with E-state index in [2.05, 4.69) is 11.2 Å². The van der Waals surface area contributed by atoms with Crippen molar-refractivity contribution >= 4 is 6.21 Å². The largest absolute Gasteiger partial charge is 0.298 e. The van der Waals surface area contributed by atoms with E-state index >= 15 is 0 Å². The molecular weight excluding hydrogens is 146 g/mol. The van der Waals surface area contributed by atoms with Gasteiger partial charge in [-0.25, -0.2) is 0 Å². The molecule has 2 bridgehead atoms. The minimum absolute atomic E-state index is 1.07. The highest BCUT2D eigenvalue weighted by Crippen LogP contribution is 2.39. The van der Waals surface area contributed by atoms with Gasteiger partial charge in [-0.05, 0) is 56.6 Å².